The van der Waals surface area contributed by atoms with Gasteiger partial charge >= 0.3 is 0 Å². The van der Waals surface area contributed by atoms with Crippen molar-refractivity contribution in [1.82, 2.24) is 5.43 Å². The van der Waals surface area contributed by atoms with E-state index in [1.807, 2.05) is 48.7 Å². The van der Waals surface area contributed by atoms with Crippen molar-refractivity contribution in [3.05, 3.63) is 101 Å². The van der Waals surface area contributed by atoms with Crippen LogP contribution in [-0.4, -0.2) is 6.21 Å². The average Bonchev–Trinajstić information content (AvgIpc) is 2.67. The zero-order valence-electron chi connectivity index (χ0n) is 14.4. The lowest BCUT2D eigenvalue weighted by atomic mass is 10.2. The monoisotopic (exact) mass is 330 g/mol. The molecule has 0 aliphatic rings. The molecule has 0 unspecified atom stereocenters. The third-order valence-corrected chi connectivity index (χ3v) is 3.84. The fraction of sp³-hybridized carbons (Fsp3) is 0.136. The van der Waals surface area contributed by atoms with Gasteiger partial charge in [-0.15, -0.1) is 0 Å². The Balaban J connectivity index is 1.46. The Morgan fingerprint density at radius 3 is 2.28 bits per heavy atom. The molecular weight excluding hydrogens is 308 g/mol. The van der Waals surface area contributed by atoms with Crippen molar-refractivity contribution in [2.24, 2.45) is 5.10 Å². The second-order valence-electron chi connectivity index (χ2n) is 5.92. The van der Waals surface area contributed by atoms with Crippen LogP contribution in [0.2, 0.25) is 0 Å². The summed E-state index contributed by atoms with van der Waals surface area (Å²) < 4.78 is 5.81. The minimum absolute atomic E-state index is 0.576. The molecule has 0 radical (unpaired) electrons. The highest BCUT2D eigenvalue weighted by Gasteiger charge is 1.96. The van der Waals surface area contributed by atoms with Gasteiger partial charge in [-0.3, -0.25) is 0 Å². The van der Waals surface area contributed by atoms with E-state index in [9.17, 15) is 0 Å². The molecule has 126 valence electrons. The van der Waals surface area contributed by atoms with Gasteiger partial charge in [0.1, 0.15) is 12.4 Å². The Kier molecular flexibility index (Phi) is 5.83. The number of benzene rings is 3. The van der Waals surface area contributed by atoms with E-state index in [4.69, 9.17) is 4.74 Å². The lowest BCUT2D eigenvalue weighted by Crippen LogP contribution is -2.05. The molecule has 0 aliphatic carbocycles. The van der Waals surface area contributed by atoms with Crippen molar-refractivity contribution in [1.29, 1.82) is 0 Å². The molecule has 0 fully saturated rings. The van der Waals surface area contributed by atoms with Crippen LogP contribution >= 0.6 is 0 Å². The molecule has 3 nitrogen and oxygen atoms in total. The largest absolute Gasteiger partial charge is 0.489 e. The van der Waals surface area contributed by atoms with Gasteiger partial charge in [-0.25, -0.2) is 0 Å². The Morgan fingerprint density at radius 2 is 1.56 bits per heavy atom. The molecule has 0 aromatic heterocycles. The summed E-state index contributed by atoms with van der Waals surface area (Å²) in [6.07, 6.45) is 1.81. The molecule has 0 heterocycles. The first kappa shape index (κ1) is 16.8. The van der Waals surface area contributed by atoms with Gasteiger partial charge < -0.3 is 10.2 Å². The molecule has 3 aromatic rings. The Labute approximate surface area is 149 Å². The molecule has 3 heteroatoms. The van der Waals surface area contributed by atoms with E-state index in [2.05, 4.69) is 53.8 Å². The first-order chi connectivity index (χ1) is 12.3. The minimum atomic E-state index is 0.576. The third-order valence-electron chi connectivity index (χ3n) is 3.84. The van der Waals surface area contributed by atoms with Crippen molar-refractivity contribution in [3.63, 3.8) is 0 Å². The SMILES string of the molecule is Cc1ccc(COc2ccc(C=NNCc3ccccc3)cc2)cc1. The maximum atomic E-state index is 5.81. The number of aryl methyl sites for hydroxylation is 1. The van der Waals surface area contributed by atoms with E-state index in [1.165, 1.54) is 16.7 Å². The number of nitrogens with zero attached hydrogens (tertiary/aromatic N) is 1. The van der Waals surface area contributed by atoms with Gasteiger partial charge in [-0.1, -0.05) is 60.2 Å². The molecule has 0 saturated heterocycles. The van der Waals surface area contributed by atoms with Gasteiger partial charge in [0.05, 0.1) is 12.8 Å². The highest BCUT2D eigenvalue weighted by molar-refractivity contribution is 5.79. The molecule has 3 aromatic carbocycles. The summed E-state index contributed by atoms with van der Waals surface area (Å²) in [7, 11) is 0. The molecule has 1 N–H and O–H groups in total. The zero-order valence-corrected chi connectivity index (χ0v) is 14.4. The lowest BCUT2D eigenvalue weighted by molar-refractivity contribution is 0.306. The minimum Gasteiger partial charge on any atom is -0.489 e. The average molecular weight is 330 g/mol. The zero-order chi connectivity index (χ0) is 17.3. The summed E-state index contributed by atoms with van der Waals surface area (Å²) in [6, 6.07) is 26.5. The Bertz CT molecular complexity index is 794. The second-order valence-corrected chi connectivity index (χ2v) is 5.92. The van der Waals surface area contributed by atoms with Crippen LogP contribution in [-0.2, 0) is 13.2 Å². The molecular formula is C22H22N2O. The molecule has 0 aliphatic heterocycles. The van der Waals surface area contributed by atoms with E-state index in [1.54, 1.807) is 0 Å². The lowest BCUT2D eigenvalue weighted by Gasteiger charge is -2.07. The fourth-order valence-electron chi connectivity index (χ4n) is 2.35. The summed E-state index contributed by atoms with van der Waals surface area (Å²) in [5.74, 6) is 0.856. The van der Waals surface area contributed by atoms with Crippen LogP contribution in [0.3, 0.4) is 0 Å². The number of rotatable bonds is 7. The van der Waals surface area contributed by atoms with Gasteiger partial charge in [0.15, 0.2) is 0 Å². The van der Waals surface area contributed by atoms with Crippen LogP contribution in [0.1, 0.15) is 22.3 Å². The standard InChI is InChI=1S/C22H22N2O/c1-18-7-9-21(10-8-18)17-25-22-13-11-20(12-14-22)16-24-23-15-19-5-3-2-4-6-19/h2-14,16,23H,15,17H2,1H3. The van der Waals surface area contributed by atoms with Crippen molar-refractivity contribution < 1.29 is 4.74 Å². The van der Waals surface area contributed by atoms with E-state index < -0.39 is 0 Å². The van der Waals surface area contributed by atoms with Gasteiger partial charge in [0.2, 0.25) is 0 Å². The van der Waals surface area contributed by atoms with Crippen LogP contribution in [0, 0.1) is 6.92 Å². The van der Waals surface area contributed by atoms with E-state index in [0.29, 0.717) is 6.61 Å². The number of nitrogens with one attached hydrogen (secondary N) is 1. The Morgan fingerprint density at radius 1 is 0.840 bits per heavy atom. The second kappa shape index (κ2) is 8.69. The predicted octanol–water partition coefficient (Wildman–Crippen LogP) is 4.70. The third kappa shape index (κ3) is 5.50. The first-order valence-corrected chi connectivity index (χ1v) is 8.38. The van der Waals surface area contributed by atoms with E-state index in [0.717, 1.165) is 17.9 Å². The maximum Gasteiger partial charge on any atom is 0.119 e. The summed E-state index contributed by atoms with van der Waals surface area (Å²) in [6.45, 7) is 3.38. The molecule has 0 amide bonds. The quantitative estimate of drug-likeness (QED) is 0.503. The van der Waals surface area contributed by atoms with Crippen LogP contribution in [0.5, 0.6) is 5.75 Å². The number of ether oxygens (including phenoxy) is 1. The molecule has 0 spiro atoms. The summed E-state index contributed by atoms with van der Waals surface area (Å²) in [4.78, 5) is 0. The van der Waals surface area contributed by atoms with Crippen molar-refractivity contribution in [2.45, 2.75) is 20.1 Å². The maximum absolute atomic E-state index is 5.81. The Hall–Kier alpha value is -3.07. The van der Waals surface area contributed by atoms with Crippen molar-refractivity contribution in [3.8, 4) is 5.75 Å². The smallest absolute Gasteiger partial charge is 0.119 e. The molecule has 25 heavy (non-hydrogen) atoms. The van der Waals surface area contributed by atoms with Gasteiger partial charge in [0.25, 0.3) is 0 Å². The summed E-state index contributed by atoms with van der Waals surface area (Å²) in [5.41, 5.74) is 7.72. The molecule has 3 rings (SSSR count). The highest BCUT2D eigenvalue weighted by Crippen LogP contribution is 2.14. The van der Waals surface area contributed by atoms with Crippen LogP contribution in [0.4, 0.5) is 0 Å². The highest BCUT2D eigenvalue weighted by atomic mass is 16.5. The number of hydrazone groups is 1. The van der Waals surface area contributed by atoms with Crippen LogP contribution < -0.4 is 10.2 Å². The summed E-state index contributed by atoms with van der Waals surface area (Å²) in [5, 5.41) is 4.25. The predicted molar refractivity (Wildman–Crippen MR) is 103 cm³/mol. The summed E-state index contributed by atoms with van der Waals surface area (Å²) >= 11 is 0. The number of hydrogen-bond donors (Lipinski definition) is 1. The molecule has 0 saturated carbocycles. The van der Waals surface area contributed by atoms with Crippen LogP contribution in [0.15, 0.2) is 84.0 Å². The van der Waals surface area contributed by atoms with Gasteiger partial charge in [-0.2, -0.15) is 5.10 Å². The number of hydrogen-bond acceptors (Lipinski definition) is 3. The van der Waals surface area contributed by atoms with Crippen molar-refractivity contribution >= 4 is 6.21 Å². The van der Waals surface area contributed by atoms with Crippen LogP contribution in [0.25, 0.3) is 0 Å². The fourth-order valence-corrected chi connectivity index (χ4v) is 2.35. The molecule has 0 bridgehead atoms. The van der Waals surface area contributed by atoms with Gasteiger partial charge in [-0.05, 0) is 47.9 Å². The topological polar surface area (TPSA) is 33.6 Å². The molecule has 0 atom stereocenters. The van der Waals surface area contributed by atoms with E-state index in [-0.39, 0.29) is 0 Å². The first-order valence-electron chi connectivity index (χ1n) is 8.38. The van der Waals surface area contributed by atoms with Gasteiger partial charge in [0, 0.05) is 0 Å². The van der Waals surface area contributed by atoms with E-state index >= 15 is 0 Å². The van der Waals surface area contributed by atoms with Crippen molar-refractivity contribution in [2.75, 3.05) is 0 Å². The normalized spacial score (nSPS) is 10.8.